The van der Waals surface area contributed by atoms with Crippen LogP contribution in [-0.2, 0) is 0 Å². The van der Waals surface area contributed by atoms with Crippen molar-refractivity contribution in [2.45, 2.75) is 39.2 Å². The van der Waals surface area contributed by atoms with E-state index in [1.165, 1.54) is 0 Å². The van der Waals surface area contributed by atoms with Crippen LogP contribution in [0.25, 0.3) is 0 Å². The summed E-state index contributed by atoms with van der Waals surface area (Å²) in [6.07, 6.45) is 2.93. The van der Waals surface area contributed by atoms with Crippen molar-refractivity contribution < 1.29 is 19.4 Å². The first-order valence-corrected chi connectivity index (χ1v) is 8.47. The van der Waals surface area contributed by atoms with Crippen molar-refractivity contribution in [3.05, 3.63) is 29.8 Å². The van der Waals surface area contributed by atoms with Gasteiger partial charge in [-0.1, -0.05) is 0 Å². The summed E-state index contributed by atoms with van der Waals surface area (Å²) in [5, 5.41) is 11.8. The molecule has 0 atom stereocenters. The van der Waals surface area contributed by atoms with Crippen LogP contribution in [0.5, 0.6) is 5.75 Å². The molecule has 1 fully saturated rings. The lowest BCUT2D eigenvalue weighted by Crippen LogP contribution is -2.46. The Morgan fingerprint density at radius 3 is 2.42 bits per heavy atom. The van der Waals surface area contributed by atoms with E-state index in [9.17, 15) is 9.59 Å². The molecule has 0 bridgehead atoms. The number of likely N-dealkylation sites (tertiary alicyclic amines) is 1. The van der Waals surface area contributed by atoms with Crippen LogP contribution < -0.4 is 10.1 Å². The van der Waals surface area contributed by atoms with Gasteiger partial charge in [0.25, 0.3) is 0 Å². The van der Waals surface area contributed by atoms with Crippen LogP contribution in [0.3, 0.4) is 0 Å². The highest BCUT2D eigenvalue weighted by atomic mass is 16.5. The zero-order valence-corrected chi connectivity index (χ0v) is 14.3. The molecule has 0 aliphatic carbocycles. The number of benzene rings is 1. The van der Waals surface area contributed by atoms with Crippen LogP contribution in [0.2, 0.25) is 0 Å². The van der Waals surface area contributed by atoms with Gasteiger partial charge in [-0.05, 0) is 63.3 Å². The Kier molecular flexibility index (Phi) is 6.46. The molecule has 1 aromatic rings. The Morgan fingerprint density at radius 2 is 1.88 bits per heavy atom. The van der Waals surface area contributed by atoms with Gasteiger partial charge in [0.1, 0.15) is 5.75 Å². The smallest absolute Gasteiger partial charge is 0.335 e. The molecule has 1 heterocycles. The number of carbonyl (C=O) groups excluding carboxylic acids is 1. The molecule has 2 N–H and O–H groups in total. The Hall–Kier alpha value is -2.24. The third-order valence-corrected chi connectivity index (χ3v) is 4.21. The highest BCUT2D eigenvalue weighted by molar-refractivity contribution is 5.87. The number of carbonyl (C=O) groups is 2. The largest absolute Gasteiger partial charge is 0.494 e. The lowest BCUT2D eigenvalue weighted by atomic mass is 9.94. The van der Waals surface area contributed by atoms with Crippen molar-refractivity contribution in [3.8, 4) is 5.75 Å². The molecule has 6 nitrogen and oxygen atoms in total. The maximum atomic E-state index is 11.9. The minimum absolute atomic E-state index is 0.0261. The molecule has 1 saturated heterocycles. The third kappa shape index (κ3) is 5.44. The van der Waals surface area contributed by atoms with E-state index in [-0.39, 0.29) is 17.6 Å². The number of carboxylic acid groups (broad SMARTS) is 1. The van der Waals surface area contributed by atoms with Gasteiger partial charge in [0.15, 0.2) is 0 Å². The van der Waals surface area contributed by atoms with Gasteiger partial charge >= 0.3 is 12.0 Å². The second-order valence-electron chi connectivity index (χ2n) is 6.50. The molecule has 2 rings (SSSR count). The average Bonchev–Trinajstić information content (AvgIpc) is 2.55. The number of ether oxygens (including phenoxy) is 1. The van der Waals surface area contributed by atoms with E-state index < -0.39 is 5.97 Å². The zero-order chi connectivity index (χ0) is 17.5. The summed E-state index contributed by atoms with van der Waals surface area (Å²) in [5.74, 6) is 0.315. The van der Waals surface area contributed by atoms with E-state index in [4.69, 9.17) is 9.84 Å². The van der Waals surface area contributed by atoms with Crippen molar-refractivity contribution >= 4 is 12.0 Å². The highest BCUT2D eigenvalue weighted by Crippen LogP contribution is 2.21. The minimum Gasteiger partial charge on any atom is -0.494 e. The fraction of sp³-hybridized carbons (Fsp3) is 0.556. The second kappa shape index (κ2) is 8.57. The van der Waals surface area contributed by atoms with Gasteiger partial charge < -0.3 is 20.1 Å². The van der Waals surface area contributed by atoms with Crippen molar-refractivity contribution in [1.82, 2.24) is 10.2 Å². The van der Waals surface area contributed by atoms with E-state index in [0.717, 1.165) is 32.4 Å². The molecule has 132 valence electrons. The number of piperidine rings is 1. The Morgan fingerprint density at radius 1 is 1.25 bits per heavy atom. The summed E-state index contributed by atoms with van der Waals surface area (Å²) in [7, 11) is 0. The van der Waals surface area contributed by atoms with E-state index >= 15 is 0 Å². The van der Waals surface area contributed by atoms with Crippen molar-refractivity contribution in [3.63, 3.8) is 0 Å². The standard InChI is InChI=1S/C18H26N2O4/c1-13(2)19-18(23)20-10-7-14(8-11-20)9-12-24-16-5-3-15(4-6-16)17(21)22/h3-6,13-14H,7-12H2,1-2H3,(H,19,23)(H,21,22). The highest BCUT2D eigenvalue weighted by Gasteiger charge is 2.22. The topological polar surface area (TPSA) is 78.9 Å². The van der Waals surface area contributed by atoms with Gasteiger partial charge in [-0.25, -0.2) is 9.59 Å². The number of rotatable bonds is 6. The van der Waals surface area contributed by atoms with E-state index in [0.29, 0.717) is 18.3 Å². The molecule has 1 aliphatic heterocycles. The molecular weight excluding hydrogens is 308 g/mol. The second-order valence-corrected chi connectivity index (χ2v) is 6.50. The molecule has 0 radical (unpaired) electrons. The normalized spacial score (nSPS) is 15.4. The first kappa shape index (κ1) is 18.1. The van der Waals surface area contributed by atoms with Crippen molar-refractivity contribution in [2.24, 2.45) is 5.92 Å². The number of carboxylic acids is 1. The summed E-state index contributed by atoms with van der Waals surface area (Å²) in [4.78, 5) is 24.6. The summed E-state index contributed by atoms with van der Waals surface area (Å²) in [6.45, 7) is 6.11. The number of hydrogen-bond donors (Lipinski definition) is 2. The van der Waals surface area contributed by atoms with Gasteiger partial charge in [0.2, 0.25) is 0 Å². The van der Waals surface area contributed by atoms with Crippen LogP contribution in [0.1, 0.15) is 43.5 Å². The summed E-state index contributed by atoms with van der Waals surface area (Å²) < 4.78 is 5.68. The maximum Gasteiger partial charge on any atom is 0.335 e. The molecule has 0 aromatic heterocycles. The Labute approximate surface area is 142 Å². The quantitative estimate of drug-likeness (QED) is 0.838. The predicted octanol–water partition coefficient (Wildman–Crippen LogP) is 2.98. The SMILES string of the molecule is CC(C)NC(=O)N1CCC(CCOc2ccc(C(=O)O)cc2)CC1. The van der Waals surface area contributed by atoms with Crippen LogP contribution in [0.15, 0.2) is 24.3 Å². The molecule has 0 unspecified atom stereocenters. The van der Waals surface area contributed by atoms with Crippen LogP contribution in [-0.4, -0.2) is 47.7 Å². The average molecular weight is 334 g/mol. The molecular formula is C18H26N2O4. The zero-order valence-electron chi connectivity index (χ0n) is 14.3. The molecule has 0 saturated carbocycles. The van der Waals surface area contributed by atoms with Gasteiger partial charge in [0.05, 0.1) is 12.2 Å². The van der Waals surface area contributed by atoms with Gasteiger partial charge in [-0.15, -0.1) is 0 Å². The van der Waals surface area contributed by atoms with Gasteiger partial charge in [-0.3, -0.25) is 0 Å². The van der Waals surface area contributed by atoms with Crippen LogP contribution in [0, 0.1) is 5.92 Å². The number of nitrogens with one attached hydrogen (secondary N) is 1. The summed E-state index contributed by atoms with van der Waals surface area (Å²) in [6, 6.07) is 6.65. The number of amides is 2. The molecule has 24 heavy (non-hydrogen) atoms. The van der Waals surface area contributed by atoms with E-state index in [1.54, 1.807) is 24.3 Å². The first-order valence-electron chi connectivity index (χ1n) is 8.47. The molecule has 6 heteroatoms. The molecule has 1 aromatic carbocycles. The third-order valence-electron chi connectivity index (χ3n) is 4.21. The Bertz CT molecular complexity index is 549. The first-order chi connectivity index (χ1) is 11.5. The number of hydrogen-bond acceptors (Lipinski definition) is 3. The lowest BCUT2D eigenvalue weighted by molar-refractivity contribution is 0.0697. The van der Waals surface area contributed by atoms with Gasteiger partial charge in [-0.2, -0.15) is 0 Å². The van der Waals surface area contributed by atoms with E-state index in [2.05, 4.69) is 5.32 Å². The molecule has 1 aliphatic rings. The predicted molar refractivity (Wildman–Crippen MR) is 91.5 cm³/mol. The van der Waals surface area contributed by atoms with Crippen molar-refractivity contribution in [2.75, 3.05) is 19.7 Å². The maximum absolute atomic E-state index is 11.9. The number of aromatic carboxylic acids is 1. The summed E-state index contributed by atoms with van der Waals surface area (Å²) >= 11 is 0. The van der Waals surface area contributed by atoms with Crippen LogP contribution >= 0.6 is 0 Å². The van der Waals surface area contributed by atoms with Gasteiger partial charge in [0, 0.05) is 19.1 Å². The fourth-order valence-corrected chi connectivity index (χ4v) is 2.80. The minimum atomic E-state index is -0.935. The number of urea groups is 1. The number of nitrogens with zero attached hydrogens (tertiary/aromatic N) is 1. The molecule has 0 spiro atoms. The van der Waals surface area contributed by atoms with E-state index in [1.807, 2.05) is 18.7 Å². The Balaban J connectivity index is 1.67. The van der Waals surface area contributed by atoms with Crippen molar-refractivity contribution in [1.29, 1.82) is 0 Å². The summed E-state index contributed by atoms with van der Waals surface area (Å²) in [5.41, 5.74) is 0.259. The monoisotopic (exact) mass is 334 g/mol. The lowest BCUT2D eigenvalue weighted by Gasteiger charge is -2.32. The molecule has 2 amide bonds. The van der Waals surface area contributed by atoms with Crippen LogP contribution in [0.4, 0.5) is 4.79 Å². The fourth-order valence-electron chi connectivity index (χ4n) is 2.80.